The van der Waals surface area contributed by atoms with Gasteiger partial charge >= 0.3 is 0 Å². The smallest absolute Gasteiger partial charge is 0.287 e. The van der Waals surface area contributed by atoms with Crippen molar-refractivity contribution in [3.63, 3.8) is 0 Å². The Morgan fingerprint density at radius 1 is 1.33 bits per heavy atom. The summed E-state index contributed by atoms with van der Waals surface area (Å²) in [4.78, 5) is 11.8. The summed E-state index contributed by atoms with van der Waals surface area (Å²) in [6.45, 7) is 0.288. The highest BCUT2D eigenvalue weighted by molar-refractivity contribution is 5.91. The van der Waals surface area contributed by atoms with Crippen LogP contribution in [-0.4, -0.2) is 24.7 Å². The van der Waals surface area contributed by atoms with Crippen molar-refractivity contribution in [3.05, 3.63) is 59.3 Å². The molecule has 1 amide bonds. The van der Waals surface area contributed by atoms with Gasteiger partial charge in [-0.05, 0) is 29.8 Å². The summed E-state index contributed by atoms with van der Waals surface area (Å²) in [6, 6.07) is 8.63. The first-order valence-corrected chi connectivity index (χ1v) is 6.39. The van der Waals surface area contributed by atoms with Gasteiger partial charge in [0.1, 0.15) is 18.2 Å². The van der Waals surface area contributed by atoms with Crippen LogP contribution in [0.15, 0.2) is 40.8 Å². The zero-order chi connectivity index (χ0) is 15.2. The standard InChI is InChI=1S/C15H16FNO4/c1-20-9-12-6-7-14(21-12)15(19)17-8-13(18)10-2-4-11(16)5-3-10/h2-7,13,18H,8-9H2,1H3,(H,17,19). The number of methoxy groups -OCH3 is 1. The largest absolute Gasteiger partial charge is 0.453 e. The lowest BCUT2D eigenvalue weighted by atomic mass is 10.1. The number of hydrogen-bond acceptors (Lipinski definition) is 4. The van der Waals surface area contributed by atoms with E-state index in [4.69, 9.17) is 9.15 Å². The quantitative estimate of drug-likeness (QED) is 0.855. The molecule has 0 saturated carbocycles. The molecule has 0 aliphatic rings. The zero-order valence-corrected chi connectivity index (χ0v) is 11.5. The number of carbonyl (C=O) groups is 1. The number of ether oxygens (including phenoxy) is 1. The van der Waals surface area contributed by atoms with E-state index < -0.39 is 12.0 Å². The Morgan fingerprint density at radius 3 is 2.71 bits per heavy atom. The van der Waals surface area contributed by atoms with Crippen molar-refractivity contribution in [2.45, 2.75) is 12.7 Å². The van der Waals surface area contributed by atoms with Crippen molar-refractivity contribution in [1.29, 1.82) is 0 Å². The molecule has 1 atom stereocenters. The number of carbonyl (C=O) groups excluding carboxylic acids is 1. The van der Waals surface area contributed by atoms with Crippen molar-refractivity contribution < 1.29 is 23.4 Å². The third-order valence-electron chi connectivity index (χ3n) is 2.88. The highest BCUT2D eigenvalue weighted by Crippen LogP contribution is 2.13. The normalized spacial score (nSPS) is 12.1. The fourth-order valence-corrected chi connectivity index (χ4v) is 1.80. The molecule has 6 heteroatoms. The molecule has 5 nitrogen and oxygen atoms in total. The molecule has 1 unspecified atom stereocenters. The second-order valence-corrected chi connectivity index (χ2v) is 4.48. The Hall–Kier alpha value is -2.18. The topological polar surface area (TPSA) is 71.7 Å². The van der Waals surface area contributed by atoms with E-state index in [-0.39, 0.29) is 24.7 Å². The molecule has 1 aromatic heterocycles. The molecule has 2 N–H and O–H groups in total. The van der Waals surface area contributed by atoms with Gasteiger partial charge in [0.2, 0.25) is 0 Å². The van der Waals surface area contributed by atoms with E-state index in [2.05, 4.69) is 5.32 Å². The lowest BCUT2D eigenvalue weighted by Gasteiger charge is -2.11. The van der Waals surface area contributed by atoms with Crippen molar-refractivity contribution in [2.24, 2.45) is 0 Å². The van der Waals surface area contributed by atoms with E-state index in [0.29, 0.717) is 11.3 Å². The van der Waals surface area contributed by atoms with Crippen LogP contribution in [0.3, 0.4) is 0 Å². The minimum atomic E-state index is -0.914. The van der Waals surface area contributed by atoms with E-state index in [1.54, 1.807) is 6.07 Å². The Bertz CT molecular complexity index is 594. The number of hydrogen-bond donors (Lipinski definition) is 2. The summed E-state index contributed by atoms with van der Waals surface area (Å²) in [7, 11) is 1.53. The molecule has 1 aromatic carbocycles. The maximum Gasteiger partial charge on any atom is 0.287 e. The van der Waals surface area contributed by atoms with Gasteiger partial charge < -0.3 is 19.6 Å². The van der Waals surface area contributed by atoms with Gasteiger partial charge in [0, 0.05) is 13.7 Å². The predicted octanol–water partition coefficient (Wildman–Crippen LogP) is 2.03. The molecule has 2 rings (SSSR count). The Morgan fingerprint density at radius 2 is 2.05 bits per heavy atom. The summed E-state index contributed by atoms with van der Waals surface area (Å²) < 4.78 is 22.9. The number of benzene rings is 1. The fraction of sp³-hybridized carbons (Fsp3) is 0.267. The van der Waals surface area contributed by atoms with Crippen LogP contribution in [0.4, 0.5) is 4.39 Å². The summed E-state index contributed by atoms with van der Waals surface area (Å²) in [5.41, 5.74) is 0.524. The number of aliphatic hydroxyl groups is 1. The van der Waals surface area contributed by atoms with Gasteiger partial charge in [-0.25, -0.2) is 4.39 Å². The minimum absolute atomic E-state index is 0.00474. The molecule has 0 bridgehead atoms. The highest BCUT2D eigenvalue weighted by atomic mass is 19.1. The first kappa shape index (κ1) is 15.2. The van der Waals surface area contributed by atoms with E-state index >= 15 is 0 Å². The average molecular weight is 293 g/mol. The van der Waals surface area contributed by atoms with Crippen LogP contribution in [0.1, 0.15) is 28.0 Å². The monoisotopic (exact) mass is 293 g/mol. The highest BCUT2D eigenvalue weighted by Gasteiger charge is 2.14. The number of furan rings is 1. The molecular formula is C15H16FNO4. The summed E-state index contributed by atoms with van der Waals surface area (Å²) in [6.07, 6.45) is -0.914. The first-order valence-electron chi connectivity index (χ1n) is 6.39. The van der Waals surface area contributed by atoms with Gasteiger partial charge in [0.15, 0.2) is 5.76 Å². The zero-order valence-electron chi connectivity index (χ0n) is 11.5. The number of nitrogens with one attached hydrogen (secondary N) is 1. The first-order chi connectivity index (χ1) is 10.1. The number of rotatable bonds is 6. The molecule has 1 heterocycles. The Kier molecular flexibility index (Phi) is 5.08. The van der Waals surface area contributed by atoms with Gasteiger partial charge in [-0.15, -0.1) is 0 Å². The molecule has 0 saturated heterocycles. The Labute approximate surface area is 121 Å². The Balaban J connectivity index is 1.89. The number of aliphatic hydroxyl groups excluding tert-OH is 1. The molecule has 0 aliphatic heterocycles. The van der Waals surface area contributed by atoms with Crippen LogP contribution in [0.2, 0.25) is 0 Å². The van der Waals surface area contributed by atoms with Gasteiger partial charge in [-0.1, -0.05) is 12.1 Å². The van der Waals surface area contributed by atoms with Crippen molar-refractivity contribution in [3.8, 4) is 0 Å². The molecule has 2 aromatic rings. The van der Waals surface area contributed by atoms with E-state index in [1.165, 1.54) is 37.4 Å². The van der Waals surface area contributed by atoms with Gasteiger partial charge in [0.05, 0.1) is 6.10 Å². The van der Waals surface area contributed by atoms with Crippen LogP contribution in [-0.2, 0) is 11.3 Å². The molecule has 0 aliphatic carbocycles. The van der Waals surface area contributed by atoms with E-state index in [0.717, 1.165) is 0 Å². The number of amides is 1. The molecule has 21 heavy (non-hydrogen) atoms. The van der Waals surface area contributed by atoms with Crippen molar-refractivity contribution >= 4 is 5.91 Å². The number of halogens is 1. The van der Waals surface area contributed by atoms with Crippen LogP contribution < -0.4 is 5.32 Å². The fourth-order valence-electron chi connectivity index (χ4n) is 1.80. The average Bonchev–Trinajstić information content (AvgIpc) is 2.94. The molecule has 0 radical (unpaired) electrons. The van der Waals surface area contributed by atoms with Crippen molar-refractivity contribution in [1.82, 2.24) is 5.32 Å². The van der Waals surface area contributed by atoms with Gasteiger partial charge in [-0.2, -0.15) is 0 Å². The van der Waals surface area contributed by atoms with Gasteiger partial charge in [-0.3, -0.25) is 4.79 Å². The molecule has 112 valence electrons. The van der Waals surface area contributed by atoms with Crippen LogP contribution >= 0.6 is 0 Å². The van der Waals surface area contributed by atoms with Crippen LogP contribution in [0.5, 0.6) is 0 Å². The van der Waals surface area contributed by atoms with Gasteiger partial charge in [0.25, 0.3) is 5.91 Å². The summed E-state index contributed by atoms with van der Waals surface area (Å²) in [5, 5.41) is 12.5. The molecule has 0 spiro atoms. The maximum atomic E-state index is 12.8. The van der Waals surface area contributed by atoms with E-state index in [9.17, 15) is 14.3 Å². The predicted molar refractivity (Wildman–Crippen MR) is 73.1 cm³/mol. The summed E-state index contributed by atoms with van der Waals surface area (Å²) >= 11 is 0. The maximum absolute atomic E-state index is 12.8. The second-order valence-electron chi connectivity index (χ2n) is 4.48. The lowest BCUT2D eigenvalue weighted by Crippen LogP contribution is -2.28. The third-order valence-corrected chi connectivity index (χ3v) is 2.88. The molecule has 0 fully saturated rings. The summed E-state index contributed by atoms with van der Waals surface area (Å²) in [5.74, 6) is -0.121. The minimum Gasteiger partial charge on any atom is -0.453 e. The second kappa shape index (κ2) is 7.01. The van der Waals surface area contributed by atoms with Crippen LogP contribution in [0, 0.1) is 5.82 Å². The molecular weight excluding hydrogens is 277 g/mol. The SMILES string of the molecule is COCc1ccc(C(=O)NCC(O)c2ccc(F)cc2)o1. The third kappa shape index (κ3) is 4.14. The lowest BCUT2D eigenvalue weighted by molar-refractivity contribution is 0.0880. The van der Waals surface area contributed by atoms with E-state index in [1.807, 2.05) is 0 Å². The van der Waals surface area contributed by atoms with Crippen molar-refractivity contribution in [2.75, 3.05) is 13.7 Å². The van der Waals surface area contributed by atoms with Crippen LogP contribution in [0.25, 0.3) is 0 Å².